The van der Waals surface area contributed by atoms with Gasteiger partial charge in [0.1, 0.15) is 17.4 Å². The van der Waals surface area contributed by atoms with E-state index in [1.165, 1.54) is 20.3 Å². The third-order valence-electron chi connectivity index (χ3n) is 6.64. The fourth-order valence-corrected chi connectivity index (χ4v) is 4.70. The molecule has 9 nitrogen and oxygen atoms in total. The third-order valence-corrected chi connectivity index (χ3v) is 6.87. The Bertz CT molecular complexity index is 1430. The second kappa shape index (κ2) is 11.1. The molecule has 0 atom stereocenters. The van der Waals surface area contributed by atoms with Gasteiger partial charge in [0.05, 0.1) is 43.0 Å². The molecule has 1 fully saturated rings. The summed E-state index contributed by atoms with van der Waals surface area (Å²) >= 11 is 6.08. The molecule has 3 heterocycles. The minimum absolute atomic E-state index is 0.237. The summed E-state index contributed by atoms with van der Waals surface area (Å²) in [6.07, 6.45) is 3.68. The summed E-state index contributed by atoms with van der Waals surface area (Å²) in [6, 6.07) is 14.2. The van der Waals surface area contributed by atoms with Crippen LogP contribution in [0, 0.1) is 5.92 Å². The first-order valence-corrected chi connectivity index (χ1v) is 12.6. The lowest BCUT2D eigenvalue weighted by Gasteiger charge is -2.32. The quantitative estimate of drug-likeness (QED) is 0.324. The maximum atomic E-state index is 12.0. The van der Waals surface area contributed by atoms with Crippen LogP contribution in [0.5, 0.6) is 5.75 Å². The summed E-state index contributed by atoms with van der Waals surface area (Å²) in [4.78, 5) is 38.9. The Morgan fingerprint density at radius 3 is 2.34 bits per heavy atom. The van der Waals surface area contributed by atoms with Crippen molar-refractivity contribution in [2.24, 2.45) is 5.92 Å². The molecule has 0 spiro atoms. The highest BCUT2D eigenvalue weighted by atomic mass is 35.5. The summed E-state index contributed by atoms with van der Waals surface area (Å²) in [6.45, 7) is 2.17. The van der Waals surface area contributed by atoms with Gasteiger partial charge < -0.3 is 24.1 Å². The molecule has 0 aliphatic carbocycles. The maximum absolute atomic E-state index is 12.0. The van der Waals surface area contributed by atoms with Gasteiger partial charge in [0.25, 0.3) is 0 Å². The molecular weight excluding hydrogens is 508 g/mol. The molecule has 4 aromatic rings. The van der Waals surface area contributed by atoms with Crippen molar-refractivity contribution < 1.29 is 23.8 Å². The van der Waals surface area contributed by atoms with E-state index in [0.29, 0.717) is 23.3 Å². The van der Waals surface area contributed by atoms with E-state index < -0.39 is 11.9 Å². The Morgan fingerprint density at radius 2 is 1.71 bits per heavy atom. The van der Waals surface area contributed by atoms with Crippen molar-refractivity contribution in [3.05, 3.63) is 70.9 Å². The molecular formula is C28H27ClN4O5. The first-order chi connectivity index (χ1) is 18.4. The monoisotopic (exact) mass is 534 g/mol. The molecule has 0 bridgehead atoms. The minimum atomic E-state index is -0.544. The number of pyridine rings is 1. The Labute approximate surface area is 224 Å². The van der Waals surface area contributed by atoms with Crippen LogP contribution in [0.15, 0.2) is 54.7 Å². The Morgan fingerprint density at radius 1 is 1.00 bits per heavy atom. The van der Waals surface area contributed by atoms with E-state index in [1.807, 2.05) is 36.5 Å². The zero-order valence-electron chi connectivity index (χ0n) is 21.1. The number of esters is 2. The van der Waals surface area contributed by atoms with Gasteiger partial charge in [-0.15, -0.1) is 0 Å². The van der Waals surface area contributed by atoms with Crippen LogP contribution in [-0.2, 0) is 9.47 Å². The minimum Gasteiger partial charge on any atom is -0.493 e. The van der Waals surface area contributed by atoms with Crippen LogP contribution in [0.4, 0.5) is 5.82 Å². The number of carbonyl (C=O) groups is 2. The first-order valence-electron chi connectivity index (χ1n) is 12.2. The number of benzene rings is 2. The van der Waals surface area contributed by atoms with Crippen molar-refractivity contribution in [3.8, 4) is 17.1 Å². The Hall–Kier alpha value is -4.11. The fraction of sp³-hybridized carbons (Fsp3) is 0.286. The molecule has 2 aromatic carbocycles. The number of hydrogen-bond donors (Lipinski definition) is 1. The normalized spacial score (nSPS) is 13.9. The van der Waals surface area contributed by atoms with Gasteiger partial charge in [-0.05, 0) is 67.3 Å². The highest BCUT2D eigenvalue weighted by molar-refractivity contribution is 6.31. The zero-order chi connectivity index (χ0) is 26.6. The molecule has 196 valence electrons. The number of rotatable bonds is 7. The number of halogens is 1. The number of imidazole rings is 1. The maximum Gasteiger partial charge on any atom is 0.338 e. The van der Waals surface area contributed by atoms with Crippen molar-refractivity contribution in [1.29, 1.82) is 0 Å². The van der Waals surface area contributed by atoms with E-state index in [9.17, 15) is 9.59 Å². The molecule has 0 saturated carbocycles. The summed E-state index contributed by atoms with van der Waals surface area (Å²) in [5, 5.41) is 0.663. The number of anilines is 1. The predicted molar refractivity (Wildman–Crippen MR) is 144 cm³/mol. The highest BCUT2D eigenvalue weighted by Gasteiger charge is 2.22. The number of H-pyrrole nitrogens is 1. The van der Waals surface area contributed by atoms with Gasteiger partial charge in [-0.25, -0.2) is 19.6 Å². The molecule has 1 N–H and O–H groups in total. The average Bonchev–Trinajstić information content (AvgIpc) is 3.38. The molecule has 38 heavy (non-hydrogen) atoms. The van der Waals surface area contributed by atoms with Crippen molar-refractivity contribution in [1.82, 2.24) is 15.0 Å². The van der Waals surface area contributed by atoms with Crippen molar-refractivity contribution in [2.75, 3.05) is 38.8 Å². The second-order valence-corrected chi connectivity index (χ2v) is 9.56. The van der Waals surface area contributed by atoms with Crippen molar-refractivity contribution in [3.63, 3.8) is 0 Å². The smallest absolute Gasteiger partial charge is 0.338 e. The summed E-state index contributed by atoms with van der Waals surface area (Å²) in [7, 11) is 2.58. The molecule has 10 heteroatoms. The van der Waals surface area contributed by atoms with Gasteiger partial charge in [-0.3, -0.25) is 0 Å². The zero-order valence-corrected chi connectivity index (χ0v) is 21.8. The summed E-state index contributed by atoms with van der Waals surface area (Å²) in [5.74, 6) is 1.34. The van der Waals surface area contributed by atoms with E-state index in [-0.39, 0.29) is 11.1 Å². The van der Waals surface area contributed by atoms with E-state index in [2.05, 4.69) is 19.9 Å². The molecule has 1 aliphatic rings. The number of aromatic nitrogens is 3. The largest absolute Gasteiger partial charge is 0.493 e. The number of aromatic amines is 1. The number of ether oxygens (including phenoxy) is 3. The lowest BCUT2D eigenvalue weighted by Crippen LogP contribution is -2.36. The van der Waals surface area contributed by atoms with Crippen LogP contribution in [0.1, 0.15) is 33.6 Å². The SMILES string of the molecule is COC(=O)c1cc(OCC2CCN(c3ccc(-c4nc5ccc(Cl)cc5[nH]4)cn3)CC2)cc(C(=O)OC)c1. The number of carbonyl (C=O) groups excluding carboxylic acids is 2. The number of piperidine rings is 1. The van der Waals surface area contributed by atoms with E-state index in [4.69, 9.17) is 25.8 Å². The number of hydrogen-bond acceptors (Lipinski definition) is 8. The Kier molecular flexibility index (Phi) is 7.46. The third kappa shape index (κ3) is 5.57. The average molecular weight is 535 g/mol. The van der Waals surface area contributed by atoms with Crippen LogP contribution >= 0.6 is 11.6 Å². The van der Waals surface area contributed by atoms with Crippen LogP contribution in [0.2, 0.25) is 5.02 Å². The molecule has 2 aromatic heterocycles. The van der Waals surface area contributed by atoms with Gasteiger partial charge in [0.2, 0.25) is 0 Å². The predicted octanol–water partition coefficient (Wildman–Crippen LogP) is 5.15. The Balaban J connectivity index is 1.18. The van der Waals surface area contributed by atoms with Crippen LogP contribution in [0.25, 0.3) is 22.4 Å². The molecule has 5 rings (SSSR count). The molecule has 0 unspecified atom stereocenters. The van der Waals surface area contributed by atoms with Crippen LogP contribution in [0.3, 0.4) is 0 Å². The lowest BCUT2D eigenvalue weighted by molar-refractivity contribution is 0.0598. The van der Waals surface area contributed by atoms with Crippen molar-refractivity contribution in [2.45, 2.75) is 12.8 Å². The second-order valence-electron chi connectivity index (χ2n) is 9.12. The molecule has 0 radical (unpaired) electrons. The van der Waals surface area contributed by atoms with Gasteiger partial charge in [-0.1, -0.05) is 11.6 Å². The summed E-state index contributed by atoms with van der Waals surface area (Å²) < 4.78 is 15.6. The van der Waals surface area contributed by atoms with Gasteiger partial charge in [0, 0.05) is 29.9 Å². The molecule has 1 aliphatic heterocycles. The van der Waals surface area contributed by atoms with Crippen LogP contribution in [-0.4, -0.2) is 60.8 Å². The van der Waals surface area contributed by atoms with Crippen LogP contribution < -0.4 is 9.64 Å². The lowest BCUT2D eigenvalue weighted by atomic mass is 9.97. The number of methoxy groups -OCH3 is 2. The molecule has 0 amide bonds. The first kappa shape index (κ1) is 25.5. The van der Waals surface area contributed by atoms with Crippen molar-refractivity contribution >= 4 is 40.4 Å². The molecule has 1 saturated heterocycles. The standard InChI is InChI=1S/C28H27ClN4O5/c1-36-27(34)19-11-20(28(35)37-2)13-22(12-19)38-16-17-7-9-33(10-8-17)25-6-3-18(15-30-25)26-31-23-5-4-21(29)14-24(23)32-26/h3-6,11-15,17H,7-10,16H2,1-2H3,(H,31,32). The van der Waals surface area contributed by atoms with Gasteiger partial charge in [-0.2, -0.15) is 0 Å². The number of nitrogens with one attached hydrogen (secondary N) is 1. The topological polar surface area (TPSA) is 107 Å². The fourth-order valence-electron chi connectivity index (χ4n) is 4.53. The van der Waals surface area contributed by atoms with E-state index >= 15 is 0 Å². The number of nitrogens with zero attached hydrogens (tertiary/aromatic N) is 3. The summed E-state index contributed by atoms with van der Waals surface area (Å²) in [5.41, 5.74) is 3.13. The highest BCUT2D eigenvalue weighted by Crippen LogP contribution is 2.27. The number of fused-ring (bicyclic) bond motifs is 1. The van der Waals surface area contributed by atoms with E-state index in [0.717, 1.165) is 54.2 Å². The van der Waals surface area contributed by atoms with Gasteiger partial charge >= 0.3 is 11.9 Å². The van der Waals surface area contributed by atoms with Gasteiger partial charge in [0.15, 0.2) is 0 Å². The van der Waals surface area contributed by atoms with E-state index in [1.54, 1.807) is 12.1 Å².